The van der Waals surface area contributed by atoms with Crippen molar-refractivity contribution in [2.45, 2.75) is 20.4 Å². The number of nitrogens with one attached hydrogen (secondary N) is 2. The number of ether oxygens (including phenoxy) is 2. The lowest BCUT2D eigenvalue weighted by molar-refractivity contribution is 0.102. The van der Waals surface area contributed by atoms with E-state index in [1.54, 1.807) is 45.4 Å². The number of aromatic nitrogens is 2. The minimum absolute atomic E-state index is 0.259. The van der Waals surface area contributed by atoms with Gasteiger partial charge in [0.05, 0.1) is 19.9 Å². The molecule has 2 aromatic carbocycles. The molecule has 0 radical (unpaired) electrons. The molecule has 0 unspecified atom stereocenters. The Morgan fingerprint density at radius 2 is 1.79 bits per heavy atom. The maximum atomic E-state index is 12.8. The lowest BCUT2D eigenvalue weighted by Gasteiger charge is -2.13. The van der Waals surface area contributed by atoms with E-state index in [-0.39, 0.29) is 11.6 Å². The number of carbonyl (C=O) groups is 1. The Morgan fingerprint density at radius 3 is 2.52 bits per heavy atom. The molecule has 1 heterocycles. The van der Waals surface area contributed by atoms with E-state index in [2.05, 4.69) is 39.7 Å². The van der Waals surface area contributed by atoms with Gasteiger partial charge in [0.1, 0.15) is 28.8 Å². The monoisotopic (exact) mass is 392 g/mol. The van der Waals surface area contributed by atoms with Gasteiger partial charge in [0.2, 0.25) is 0 Å². The topological polar surface area (TPSA) is 85.4 Å². The van der Waals surface area contributed by atoms with Crippen LogP contribution < -0.4 is 20.1 Å². The molecule has 2 N–H and O–H groups in total. The Labute approximate surface area is 170 Å². The molecule has 1 aromatic heterocycles. The first-order valence-electron chi connectivity index (χ1n) is 9.17. The quantitative estimate of drug-likeness (QED) is 0.633. The normalized spacial score (nSPS) is 10.3. The van der Waals surface area contributed by atoms with Crippen molar-refractivity contribution in [3.8, 4) is 11.5 Å². The van der Waals surface area contributed by atoms with Crippen LogP contribution in [0.15, 0.2) is 48.5 Å². The number of aryl methyl sites for hydroxylation is 2. The zero-order chi connectivity index (χ0) is 20.8. The highest BCUT2D eigenvalue weighted by molar-refractivity contribution is 6.04. The molecule has 0 fully saturated rings. The fourth-order valence-electron chi connectivity index (χ4n) is 2.87. The van der Waals surface area contributed by atoms with Crippen LogP contribution in [-0.4, -0.2) is 30.1 Å². The lowest BCUT2D eigenvalue weighted by Crippen LogP contribution is -2.16. The Kier molecular flexibility index (Phi) is 6.29. The molecule has 0 saturated carbocycles. The van der Waals surface area contributed by atoms with Gasteiger partial charge in [-0.05, 0) is 37.1 Å². The largest absolute Gasteiger partial charge is 0.497 e. The van der Waals surface area contributed by atoms with Crippen LogP contribution in [-0.2, 0) is 6.54 Å². The van der Waals surface area contributed by atoms with Gasteiger partial charge in [0.15, 0.2) is 0 Å². The number of hydrogen-bond donors (Lipinski definition) is 2. The molecule has 0 saturated heterocycles. The van der Waals surface area contributed by atoms with Crippen LogP contribution in [0, 0.1) is 13.8 Å². The van der Waals surface area contributed by atoms with Gasteiger partial charge < -0.3 is 20.1 Å². The van der Waals surface area contributed by atoms with E-state index in [1.165, 1.54) is 5.56 Å². The second kappa shape index (κ2) is 9.05. The van der Waals surface area contributed by atoms with E-state index in [4.69, 9.17) is 9.47 Å². The molecule has 7 heteroatoms. The summed E-state index contributed by atoms with van der Waals surface area (Å²) in [6.45, 7) is 4.42. The van der Waals surface area contributed by atoms with Crippen molar-refractivity contribution >= 4 is 17.4 Å². The van der Waals surface area contributed by atoms with Crippen LogP contribution in [0.1, 0.15) is 27.4 Å². The van der Waals surface area contributed by atoms with Crippen molar-refractivity contribution in [3.63, 3.8) is 0 Å². The third-order valence-corrected chi connectivity index (χ3v) is 4.45. The van der Waals surface area contributed by atoms with Crippen molar-refractivity contribution < 1.29 is 14.3 Å². The van der Waals surface area contributed by atoms with E-state index in [0.717, 1.165) is 5.56 Å². The standard InChI is InChI=1S/C22H24N4O3/c1-14-7-5-6-8-16(14)13-23-21-12-19(24-15(2)25-21)22(27)26-18-11-17(28-3)9-10-20(18)29-4/h5-12H,13H2,1-4H3,(H,26,27)(H,23,24,25). The van der Waals surface area contributed by atoms with Crippen molar-refractivity contribution in [2.75, 3.05) is 24.9 Å². The van der Waals surface area contributed by atoms with E-state index in [1.807, 2.05) is 12.1 Å². The summed E-state index contributed by atoms with van der Waals surface area (Å²) >= 11 is 0. The summed E-state index contributed by atoms with van der Waals surface area (Å²) in [6.07, 6.45) is 0. The maximum absolute atomic E-state index is 12.8. The molecule has 3 rings (SSSR count). The third kappa shape index (κ3) is 5.01. The molecule has 0 spiro atoms. The van der Waals surface area contributed by atoms with Crippen LogP contribution in [0.4, 0.5) is 11.5 Å². The molecule has 1 amide bonds. The number of anilines is 2. The Balaban J connectivity index is 1.79. The van der Waals surface area contributed by atoms with Crippen LogP contribution >= 0.6 is 0 Å². The van der Waals surface area contributed by atoms with Gasteiger partial charge >= 0.3 is 0 Å². The molecule has 0 aliphatic carbocycles. The van der Waals surface area contributed by atoms with Crippen LogP contribution in [0.25, 0.3) is 0 Å². The van der Waals surface area contributed by atoms with Gasteiger partial charge in [0.25, 0.3) is 5.91 Å². The molecule has 0 bridgehead atoms. The SMILES string of the molecule is COc1ccc(OC)c(NC(=O)c2cc(NCc3ccccc3C)nc(C)n2)c1. The zero-order valence-corrected chi connectivity index (χ0v) is 16.9. The van der Waals surface area contributed by atoms with Gasteiger partial charge in [0, 0.05) is 18.7 Å². The Bertz CT molecular complexity index is 1020. The van der Waals surface area contributed by atoms with E-state index >= 15 is 0 Å². The summed E-state index contributed by atoms with van der Waals surface area (Å²) in [6, 6.07) is 14.9. The van der Waals surface area contributed by atoms with Gasteiger partial charge in [-0.25, -0.2) is 9.97 Å². The summed E-state index contributed by atoms with van der Waals surface area (Å²) < 4.78 is 10.5. The van der Waals surface area contributed by atoms with Crippen molar-refractivity contribution in [1.82, 2.24) is 9.97 Å². The lowest BCUT2D eigenvalue weighted by atomic mass is 10.1. The average Bonchev–Trinajstić information content (AvgIpc) is 2.72. The van der Waals surface area contributed by atoms with Crippen molar-refractivity contribution in [2.24, 2.45) is 0 Å². The first-order valence-corrected chi connectivity index (χ1v) is 9.17. The number of nitrogens with zero attached hydrogens (tertiary/aromatic N) is 2. The average molecular weight is 392 g/mol. The summed E-state index contributed by atoms with van der Waals surface area (Å²) in [5.74, 6) is 1.87. The van der Waals surface area contributed by atoms with Crippen LogP contribution in [0.3, 0.4) is 0 Å². The van der Waals surface area contributed by atoms with E-state index < -0.39 is 0 Å². The zero-order valence-electron chi connectivity index (χ0n) is 16.9. The number of carbonyl (C=O) groups excluding carboxylic acids is 1. The minimum atomic E-state index is -0.360. The van der Waals surface area contributed by atoms with Gasteiger partial charge in [-0.2, -0.15) is 0 Å². The number of amides is 1. The van der Waals surface area contributed by atoms with Crippen LogP contribution in [0.2, 0.25) is 0 Å². The number of benzene rings is 2. The Morgan fingerprint density at radius 1 is 1.00 bits per heavy atom. The maximum Gasteiger partial charge on any atom is 0.274 e. The van der Waals surface area contributed by atoms with Gasteiger partial charge in [-0.15, -0.1) is 0 Å². The summed E-state index contributed by atoms with van der Waals surface area (Å²) in [5.41, 5.74) is 3.11. The molecule has 0 aliphatic rings. The van der Waals surface area contributed by atoms with Crippen molar-refractivity contribution in [3.05, 3.63) is 71.2 Å². The second-order valence-electron chi connectivity index (χ2n) is 6.49. The smallest absolute Gasteiger partial charge is 0.274 e. The molecule has 7 nitrogen and oxygen atoms in total. The molecule has 150 valence electrons. The summed E-state index contributed by atoms with van der Waals surface area (Å²) in [5, 5.41) is 6.09. The van der Waals surface area contributed by atoms with Crippen molar-refractivity contribution in [1.29, 1.82) is 0 Å². The third-order valence-electron chi connectivity index (χ3n) is 4.45. The molecular formula is C22H24N4O3. The number of rotatable bonds is 7. The fourth-order valence-corrected chi connectivity index (χ4v) is 2.87. The second-order valence-corrected chi connectivity index (χ2v) is 6.49. The molecule has 3 aromatic rings. The minimum Gasteiger partial charge on any atom is -0.497 e. The summed E-state index contributed by atoms with van der Waals surface area (Å²) in [7, 11) is 3.10. The van der Waals surface area contributed by atoms with Gasteiger partial charge in [-0.3, -0.25) is 4.79 Å². The van der Waals surface area contributed by atoms with Crippen LogP contribution in [0.5, 0.6) is 11.5 Å². The highest BCUT2D eigenvalue weighted by Gasteiger charge is 2.14. The van der Waals surface area contributed by atoms with E-state index in [9.17, 15) is 4.79 Å². The first-order chi connectivity index (χ1) is 14.0. The Hall–Kier alpha value is -3.61. The molecular weight excluding hydrogens is 368 g/mol. The molecule has 0 aliphatic heterocycles. The highest BCUT2D eigenvalue weighted by atomic mass is 16.5. The molecule has 0 atom stereocenters. The van der Waals surface area contributed by atoms with E-state index in [0.29, 0.717) is 35.4 Å². The highest BCUT2D eigenvalue weighted by Crippen LogP contribution is 2.29. The first kappa shape index (κ1) is 20.1. The number of hydrogen-bond acceptors (Lipinski definition) is 6. The predicted octanol–water partition coefficient (Wildman–Crippen LogP) is 3.98. The molecule has 29 heavy (non-hydrogen) atoms. The fraction of sp³-hybridized carbons (Fsp3) is 0.227. The predicted molar refractivity (Wildman–Crippen MR) is 113 cm³/mol. The summed E-state index contributed by atoms with van der Waals surface area (Å²) in [4.78, 5) is 21.4. The number of methoxy groups -OCH3 is 2. The van der Waals surface area contributed by atoms with Gasteiger partial charge in [-0.1, -0.05) is 24.3 Å².